The molecule has 0 saturated heterocycles. The molecule has 11 aromatic rings. The largest absolute Gasteiger partial charge is 0.456 e. The monoisotopic (exact) mass is 920 g/mol. The van der Waals surface area contributed by atoms with Gasteiger partial charge in [-0.3, -0.25) is 0 Å². The summed E-state index contributed by atoms with van der Waals surface area (Å²) in [4.78, 5) is 18.4. The van der Waals surface area contributed by atoms with Crippen LogP contribution < -0.4 is 9.80 Å². The minimum absolute atomic E-state index is 0.0407. The molecule has 4 aliphatic heterocycles. The third kappa shape index (κ3) is 6.13. The summed E-state index contributed by atoms with van der Waals surface area (Å²) in [7, 11) is 0. The molecule has 5 nitrogen and oxygen atoms in total. The van der Waals surface area contributed by atoms with Crippen LogP contribution in [0.3, 0.4) is 0 Å². The molecule has 326 valence electrons. The Morgan fingerprint density at radius 3 is 1.33 bits per heavy atom. The van der Waals surface area contributed by atoms with E-state index in [2.05, 4.69) is 228 Å². The minimum atomic E-state index is 0.0407. The highest BCUT2D eigenvalue weighted by Gasteiger charge is 2.48. The molecule has 2 aromatic heterocycles. The van der Waals surface area contributed by atoms with Crippen molar-refractivity contribution in [2.24, 2.45) is 0 Å². The van der Waals surface area contributed by atoms with E-state index in [1.807, 2.05) is 23.5 Å². The number of fused-ring (bicyclic) bond motifs is 13. The van der Waals surface area contributed by atoms with Gasteiger partial charge < -0.3 is 14.2 Å². The van der Waals surface area contributed by atoms with E-state index < -0.39 is 0 Å². The molecule has 6 heterocycles. The minimum Gasteiger partial charge on any atom is -0.456 e. The Kier molecular flexibility index (Phi) is 8.71. The first-order valence-electron chi connectivity index (χ1n) is 23.6. The van der Waals surface area contributed by atoms with Gasteiger partial charge in [0.05, 0.1) is 34.0 Å². The average Bonchev–Trinajstić information content (AvgIpc) is 4.23. The van der Waals surface area contributed by atoms with Gasteiger partial charge in [-0.05, 0) is 123 Å². The lowest BCUT2D eigenvalue weighted by Crippen LogP contribution is -2.22. The van der Waals surface area contributed by atoms with Crippen LogP contribution in [0, 0.1) is 0 Å². The fourth-order valence-electron chi connectivity index (χ4n) is 11.4. The van der Waals surface area contributed by atoms with Crippen LogP contribution in [0.15, 0.2) is 233 Å². The van der Waals surface area contributed by atoms with Gasteiger partial charge in [0.25, 0.3) is 0 Å². The highest BCUT2D eigenvalue weighted by atomic mass is 32.2. The Morgan fingerprint density at radius 1 is 0.362 bits per heavy atom. The topological polar surface area (TPSA) is 45.4 Å². The van der Waals surface area contributed by atoms with Crippen molar-refractivity contribution in [2.45, 2.75) is 32.4 Å². The van der Waals surface area contributed by atoms with Crippen molar-refractivity contribution in [1.29, 1.82) is 0 Å². The molecule has 9 aromatic carbocycles. The van der Waals surface area contributed by atoms with Gasteiger partial charge in [-0.25, -0.2) is 9.97 Å². The summed E-state index contributed by atoms with van der Waals surface area (Å²) in [5, 5.41) is 2.71. The summed E-state index contributed by atoms with van der Waals surface area (Å²) >= 11 is 3.95. The molecular weight excluding hydrogens is 881 g/mol. The first-order valence-corrected chi connectivity index (χ1v) is 25.3. The zero-order valence-electron chi connectivity index (χ0n) is 37.1. The molecule has 4 unspecified atom stereocenters. The quantitative estimate of drug-likeness (QED) is 0.165. The molecule has 69 heavy (non-hydrogen) atoms. The second-order valence-electron chi connectivity index (χ2n) is 18.4. The number of furan rings is 1. The number of anilines is 4. The molecule has 7 heteroatoms. The fourth-order valence-corrected chi connectivity index (χ4v) is 14.3. The van der Waals surface area contributed by atoms with Gasteiger partial charge >= 0.3 is 0 Å². The number of nitrogens with zero attached hydrogens (tertiary/aromatic N) is 4. The average molecular weight is 921 g/mol. The van der Waals surface area contributed by atoms with Crippen LogP contribution >= 0.6 is 23.5 Å². The number of benzene rings is 9. The van der Waals surface area contributed by atoms with Crippen LogP contribution in [0.25, 0.3) is 66.7 Å². The number of thioether (sulfide) groups is 2. The third-order valence-corrected chi connectivity index (χ3v) is 17.3. The standard InChI is InChI=1S/C62H40N4OS2/c1-4-14-37(15-5-1)50-36-51(38-16-6-2-7-17-38)64-62(63-50)66-53-29-25-40(35-49(53)61-59(66)45-21-11-13-23-57(45)69-61)42-27-31-55-47(33-42)46-32-41(26-30-54(46)67-55)39-24-28-52-48(34-39)60-58(44-20-10-12-22-56(44)68-60)65(52)43-18-8-3-9-19-43/h1-36,58-61H. The molecule has 0 N–H and O–H groups in total. The van der Waals surface area contributed by atoms with Crippen molar-refractivity contribution >= 4 is 68.5 Å². The van der Waals surface area contributed by atoms with E-state index in [0.29, 0.717) is 11.2 Å². The predicted molar refractivity (Wildman–Crippen MR) is 284 cm³/mol. The Hall–Kier alpha value is -7.84. The molecule has 15 rings (SSSR count). The van der Waals surface area contributed by atoms with Crippen molar-refractivity contribution in [3.63, 3.8) is 0 Å². The van der Waals surface area contributed by atoms with E-state index >= 15 is 0 Å². The zero-order valence-corrected chi connectivity index (χ0v) is 38.7. The molecule has 4 atom stereocenters. The van der Waals surface area contributed by atoms with Crippen LogP contribution in [-0.4, -0.2) is 9.97 Å². The first kappa shape index (κ1) is 39.2. The molecule has 4 aliphatic rings. The lowest BCUT2D eigenvalue weighted by atomic mass is 9.96. The summed E-state index contributed by atoms with van der Waals surface area (Å²) in [6, 6.07) is 79.4. The first-order chi connectivity index (χ1) is 34.2. The number of aromatic nitrogens is 2. The van der Waals surface area contributed by atoms with Crippen molar-refractivity contribution in [1.82, 2.24) is 9.97 Å². The summed E-state index contributed by atoms with van der Waals surface area (Å²) in [5.74, 6) is 0.708. The SMILES string of the molecule is c1ccc(-c2cc(-c3ccccc3)nc(N3c4ccc(-c5ccc6oc7ccc(-c8ccc9c(c8)C8Sc%10ccccc%10C8N9c8ccccc8)cc7c6c5)cc4C4Sc5ccccc5C43)n2)cc1. The van der Waals surface area contributed by atoms with E-state index in [4.69, 9.17) is 14.4 Å². The molecule has 0 fully saturated rings. The maximum Gasteiger partial charge on any atom is 0.231 e. The molecule has 0 aliphatic carbocycles. The van der Waals surface area contributed by atoms with Gasteiger partial charge in [-0.1, -0.05) is 140 Å². The maximum atomic E-state index is 6.54. The highest BCUT2D eigenvalue weighted by molar-refractivity contribution is 8.00. The van der Waals surface area contributed by atoms with E-state index in [1.165, 1.54) is 60.1 Å². The Labute approximate surface area is 408 Å². The van der Waals surface area contributed by atoms with Crippen molar-refractivity contribution in [3.8, 4) is 44.8 Å². The predicted octanol–water partition coefficient (Wildman–Crippen LogP) is 17.1. The van der Waals surface area contributed by atoms with Gasteiger partial charge in [0.1, 0.15) is 11.2 Å². The summed E-state index contributed by atoms with van der Waals surface area (Å²) in [6.45, 7) is 0. The molecule has 0 bridgehead atoms. The highest BCUT2D eigenvalue weighted by Crippen LogP contribution is 2.66. The lowest BCUT2D eigenvalue weighted by molar-refractivity contribution is 0.669. The second-order valence-corrected chi connectivity index (χ2v) is 20.7. The Morgan fingerprint density at radius 2 is 0.797 bits per heavy atom. The van der Waals surface area contributed by atoms with E-state index in [0.717, 1.165) is 55.7 Å². The van der Waals surface area contributed by atoms with E-state index in [-0.39, 0.29) is 17.3 Å². The Bertz CT molecular complexity index is 3800. The van der Waals surface area contributed by atoms with Gasteiger partial charge in [0.15, 0.2) is 0 Å². The van der Waals surface area contributed by atoms with Crippen LogP contribution in [0.2, 0.25) is 0 Å². The summed E-state index contributed by atoms with van der Waals surface area (Å²) in [6.07, 6.45) is 0. The van der Waals surface area contributed by atoms with Gasteiger partial charge in [0.2, 0.25) is 5.95 Å². The van der Waals surface area contributed by atoms with Gasteiger partial charge in [-0.2, -0.15) is 0 Å². The van der Waals surface area contributed by atoms with Crippen LogP contribution in [0.5, 0.6) is 0 Å². The third-order valence-electron chi connectivity index (χ3n) is 14.5. The van der Waals surface area contributed by atoms with E-state index in [1.54, 1.807) is 0 Å². The summed E-state index contributed by atoms with van der Waals surface area (Å²) in [5.41, 5.74) is 19.5. The van der Waals surface area contributed by atoms with Gasteiger partial charge in [0, 0.05) is 48.8 Å². The summed E-state index contributed by atoms with van der Waals surface area (Å²) < 4.78 is 6.54. The smallest absolute Gasteiger partial charge is 0.231 e. The van der Waals surface area contributed by atoms with Crippen LogP contribution in [0.1, 0.15) is 44.8 Å². The fraction of sp³-hybridized carbons (Fsp3) is 0.0645. The van der Waals surface area contributed by atoms with Gasteiger partial charge in [-0.15, -0.1) is 23.5 Å². The normalized spacial score (nSPS) is 18.3. The van der Waals surface area contributed by atoms with Crippen LogP contribution in [-0.2, 0) is 0 Å². The molecule has 0 amide bonds. The van der Waals surface area contributed by atoms with Crippen LogP contribution in [0.4, 0.5) is 23.0 Å². The molecule has 0 radical (unpaired) electrons. The maximum absolute atomic E-state index is 6.54. The zero-order chi connectivity index (χ0) is 45.2. The number of hydrogen-bond donors (Lipinski definition) is 0. The number of rotatable bonds is 6. The molecular formula is C62H40N4OS2. The van der Waals surface area contributed by atoms with Crippen molar-refractivity contribution in [2.75, 3.05) is 9.80 Å². The van der Waals surface area contributed by atoms with E-state index in [9.17, 15) is 0 Å². The molecule has 0 saturated carbocycles. The number of hydrogen-bond acceptors (Lipinski definition) is 7. The van der Waals surface area contributed by atoms with Crippen molar-refractivity contribution in [3.05, 3.63) is 241 Å². The lowest BCUT2D eigenvalue weighted by Gasteiger charge is -2.27. The second kappa shape index (κ2) is 15.3. The Balaban J connectivity index is 0.820. The molecule has 0 spiro atoms. The van der Waals surface area contributed by atoms with Crippen molar-refractivity contribution < 1.29 is 4.42 Å². The number of para-hydroxylation sites is 1.